The van der Waals surface area contributed by atoms with E-state index in [-0.39, 0.29) is 36.8 Å². The standard InChI is InChI=1S/C30H41ClFN3O4/c1-38-25-16-24(32)28(33-30(25)14-8-6-4-2-3-5-7-9-15-30)35-18-26(36)34(17-21-10-12-23(31)13-11-21)27(29(35)37)22-19-39-20-22/h4,6,10-13,22,24-25,27-28,33H,2-3,5,7-9,14-20H2,1H3/b6-4-. The smallest absolute Gasteiger partial charge is 0.247 e. The molecule has 2 amide bonds. The average Bonchev–Trinajstić information content (AvgIpc) is 2.95. The molecule has 214 valence electrons. The summed E-state index contributed by atoms with van der Waals surface area (Å²) in [6, 6.07) is 6.61. The minimum atomic E-state index is -1.34. The van der Waals surface area contributed by atoms with Crippen molar-refractivity contribution in [3.05, 3.63) is 47.0 Å². The summed E-state index contributed by atoms with van der Waals surface area (Å²) in [5.74, 6) is -0.496. The molecule has 3 aliphatic heterocycles. The van der Waals surface area contributed by atoms with Crippen LogP contribution in [0, 0.1) is 5.92 Å². The van der Waals surface area contributed by atoms with Crippen LogP contribution in [0.25, 0.3) is 0 Å². The van der Waals surface area contributed by atoms with Crippen LogP contribution in [-0.4, -0.2) is 78.5 Å². The molecule has 39 heavy (non-hydrogen) atoms. The lowest BCUT2D eigenvalue weighted by Crippen LogP contribution is -2.74. The molecule has 9 heteroatoms. The summed E-state index contributed by atoms with van der Waals surface area (Å²) in [7, 11) is 1.65. The number of amides is 2. The van der Waals surface area contributed by atoms with Crippen LogP contribution in [0.1, 0.15) is 63.4 Å². The number of methoxy groups -OCH3 is 1. The molecule has 5 atom stereocenters. The van der Waals surface area contributed by atoms with E-state index < -0.39 is 23.9 Å². The zero-order valence-electron chi connectivity index (χ0n) is 22.8. The van der Waals surface area contributed by atoms with Crippen molar-refractivity contribution in [2.45, 2.75) is 94.4 Å². The topological polar surface area (TPSA) is 71.1 Å². The first-order chi connectivity index (χ1) is 18.9. The average molecular weight is 562 g/mol. The SMILES string of the molecule is COC1CC(F)C(N2CC(=O)N(Cc3ccc(Cl)cc3)C(C3COC3)C2=O)NC12CC/C=C\CCCCCC2. The van der Waals surface area contributed by atoms with Crippen molar-refractivity contribution in [2.75, 3.05) is 26.9 Å². The van der Waals surface area contributed by atoms with Gasteiger partial charge in [-0.15, -0.1) is 0 Å². The predicted octanol–water partition coefficient (Wildman–Crippen LogP) is 4.63. The number of hydrogen-bond donors (Lipinski definition) is 1. The van der Waals surface area contributed by atoms with Crippen LogP contribution in [0.4, 0.5) is 4.39 Å². The largest absolute Gasteiger partial charge is 0.380 e. The van der Waals surface area contributed by atoms with E-state index in [0.29, 0.717) is 24.8 Å². The van der Waals surface area contributed by atoms with Gasteiger partial charge >= 0.3 is 0 Å². The number of rotatable bonds is 5. The minimum Gasteiger partial charge on any atom is -0.380 e. The van der Waals surface area contributed by atoms with Crippen LogP contribution in [0.3, 0.4) is 0 Å². The Morgan fingerprint density at radius 3 is 2.54 bits per heavy atom. The number of carbonyl (C=O) groups excluding carboxylic acids is 2. The summed E-state index contributed by atoms with van der Waals surface area (Å²) in [6.07, 6.45) is 10.2. The number of piperidine rings is 1. The third-order valence-corrected chi connectivity index (χ3v) is 9.25. The Morgan fingerprint density at radius 2 is 1.82 bits per heavy atom. The summed E-state index contributed by atoms with van der Waals surface area (Å²) in [6.45, 7) is 0.972. The van der Waals surface area contributed by atoms with E-state index in [1.54, 1.807) is 24.1 Å². The lowest BCUT2D eigenvalue weighted by molar-refractivity contribution is -0.177. The third-order valence-electron chi connectivity index (χ3n) is 9.00. The van der Waals surface area contributed by atoms with Crippen LogP contribution in [0.2, 0.25) is 5.02 Å². The molecule has 0 aromatic heterocycles. The summed E-state index contributed by atoms with van der Waals surface area (Å²) in [5, 5.41) is 4.21. The minimum absolute atomic E-state index is 0.110. The van der Waals surface area contributed by atoms with Gasteiger partial charge in [-0.05, 0) is 49.8 Å². The zero-order valence-corrected chi connectivity index (χ0v) is 23.6. The Kier molecular flexibility index (Phi) is 9.27. The fourth-order valence-corrected chi connectivity index (χ4v) is 6.86. The number of carbonyl (C=O) groups is 2. The molecule has 0 radical (unpaired) electrons. The molecule has 4 aliphatic rings. The second kappa shape index (κ2) is 12.7. The number of ether oxygens (including phenoxy) is 2. The number of piperazine rings is 1. The highest BCUT2D eigenvalue weighted by Gasteiger charge is 2.54. The Labute approximate surface area is 236 Å². The molecule has 5 unspecified atom stereocenters. The van der Waals surface area contributed by atoms with E-state index in [2.05, 4.69) is 17.5 Å². The summed E-state index contributed by atoms with van der Waals surface area (Å²) in [4.78, 5) is 30.8. The number of nitrogens with zero attached hydrogens (tertiary/aromatic N) is 2. The number of nitrogens with one attached hydrogen (secondary N) is 1. The highest BCUT2D eigenvalue weighted by Crippen LogP contribution is 2.38. The van der Waals surface area contributed by atoms with Crippen molar-refractivity contribution in [1.29, 1.82) is 0 Å². The van der Waals surface area contributed by atoms with Gasteiger partial charge in [0.25, 0.3) is 0 Å². The first-order valence-corrected chi connectivity index (χ1v) is 14.8. The monoisotopic (exact) mass is 561 g/mol. The molecule has 7 nitrogen and oxygen atoms in total. The van der Waals surface area contributed by atoms with Gasteiger partial charge in [0.1, 0.15) is 24.9 Å². The fraction of sp³-hybridized carbons (Fsp3) is 0.667. The van der Waals surface area contributed by atoms with Gasteiger partial charge in [-0.1, -0.05) is 55.1 Å². The number of halogens is 2. The Bertz CT molecular complexity index is 1040. The van der Waals surface area contributed by atoms with E-state index in [0.717, 1.165) is 44.1 Å². The van der Waals surface area contributed by atoms with Gasteiger partial charge in [0, 0.05) is 36.6 Å². The van der Waals surface area contributed by atoms with E-state index in [1.165, 1.54) is 17.7 Å². The van der Waals surface area contributed by atoms with Crippen LogP contribution >= 0.6 is 11.6 Å². The van der Waals surface area contributed by atoms with Gasteiger partial charge in [0.2, 0.25) is 11.8 Å². The molecule has 1 aromatic rings. The Balaban J connectivity index is 1.40. The van der Waals surface area contributed by atoms with E-state index in [4.69, 9.17) is 21.1 Å². The molecule has 1 aromatic carbocycles. The van der Waals surface area contributed by atoms with Gasteiger partial charge in [-0.3, -0.25) is 14.9 Å². The molecule has 1 N–H and O–H groups in total. The van der Waals surface area contributed by atoms with E-state index in [9.17, 15) is 9.59 Å². The molecule has 1 spiro atoms. The second-order valence-corrected chi connectivity index (χ2v) is 12.0. The molecule has 3 saturated heterocycles. The lowest BCUT2D eigenvalue weighted by Gasteiger charge is -2.54. The quantitative estimate of drug-likeness (QED) is 0.531. The van der Waals surface area contributed by atoms with Gasteiger partial charge in [0.05, 0.1) is 19.3 Å². The van der Waals surface area contributed by atoms with Crippen molar-refractivity contribution in [2.24, 2.45) is 5.92 Å². The van der Waals surface area contributed by atoms with E-state index in [1.807, 2.05) is 12.1 Å². The lowest BCUT2D eigenvalue weighted by atomic mass is 9.76. The van der Waals surface area contributed by atoms with Crippen LogP contribution in [0.15, 0.2) is 36.4 Å². The van der Waals surface area contributed by atoms with Crippen LogP contribution < -0.4 is 5.32 Å². The Morgan fingerprint density at radius 1 is 1.08 bits per heavy atom. The number of hydrogen-bond acceptors (Lipinski definition) is 5. The number of alkyl halides is 1. The maximum absolute atomic E-state index is 15.9. The van der Waals surface area contributed by atoms with Crippen molar-refractivity contribution in [3.63, 3.8) is 0 Å². The number of benzene rings is 1. The van der Waals surface area contributed by atoms with Gasteiger partial charge in [-0.2, -0.15) is 0 Å². The zero-order chi connectivity index (χ0) is 27.4. The first-order valence-electron chi connectivity index (χ1n) is 14.4. The highest BCUT2D eigenvalue weighted by molar-refractivity contribution is 6.30. The number of allylic oxidation sites excluding steroid dienone is 2. The molecular formula is C30H41ClFN3O4. The molecule has 3 fully saturated rings. The summed E-state index contributed by atoms with van der Waals surface area (Å²) < 4.78 is 27.2. The maximum Gasteiger partial charge on any atom is 0.247 e. The van der Waals surface area contributed by atoms with Crippen molar-refractivity contribution in [1.82, 2.24) is 15.1 Å². The summed E-state index contributed by atoms with van der Waals surface area (Å²) in [5.41, 5.74) is 0.431. The normalized spacial score (nSPS) is 34.0. The molecule has 0 bridgehead atoms. The van der Waals surface area contributed by atoms with Gasteiger partial charge in [-0.25, -0.2) is 4.39 Å². The summed E-state index contributed by atoms with van der Waals surface area (Å²) >= 11 is 6.05. The first kappa shape index (κ1) is 28.5. The predicted molar refractivity (Wildman–Crippen MR) is 148 cm³/mol. The van der Waals surface area contributed by atoms with Gasteiger partial charge < -0.3 is 19.3 Å². The maximum atomic E-state index is 15.9. The molecular weight excluding hydrogens is 521 g/mol. The van der Waals surface area contributed by atoms with Crippen molar-refractivity contribution in [3.8, 4) is 0 Å². The third kappa shape index (κ3) is 6.19. The fourth-order valence-electron chi connectivity index (χ4n) is 6.73. The molecule has 3 heterocycles. The van der Waals surface area contributed by atoms with Crippen LogP contribution in [-0.2, 0) is 25.6 Å². The van der Waals surface area contributed by atoms with Crippen LogP contribution in [0.5, 0.6) is 0 Å². The molecule has 5 rings (SSSR count). The highest BCUT2D eigenvalue weighted by atomic mass is 35.5. The van der Waals surface area contributed by atoms with Crippen molar-refractivity contribution < 1.29 is 23.5 Å². The second-order valence-electron chi connectivity index (χ2n) is 11.5. The molecule has 1 aliphatic carbocycles. The van der Waals surface area contributed by atoms with Crippen molar-refractivity contribution >= 4 is 23.4 Å². The molecule has 0 saturated carbocycles. The van der Waals surface area contributed by atoms with E-state index >= 15 is 4.39 Å². The van der Waals surface area contributed by atoms with Gasteiger partial charge in [0.15, 0.2) is 0 Å². The Hall–Kier alpha value is -2.00.